The van der Waals surface area contributed by atoms with Crippen molar-refractivity contribution in [3.05, 3.63) is 71.3 Å². The molecule has 0 unspecified atom stereocenters. The van der Waals surface area contributed by atoms with Gasteiger partial charge in [-0.1, -0.05) is 6.07 Å². The molecule has 3 aromatic rings. The molecule has 2 aromatic heterocycles. The highest BCUT2D eigenvalue weighted by atomic mass is 32.2. The first-order chi connectivity index (χ1) is 17.1. The molecule has 36 heavy (non-hydrogen) atoms. The third kappa shape index (κ3) is 5.18. The maximum atomic E-state index is 12.0. The molecule has 9 nitrogen and oxygen atoms in total. The fourth-order valence-electron chi connectivity index (χ4n) is 4.73. The highest BCUT2D eigenvalue weighted by molar-refractivity contribution is 7.92. The van der Waals surface area contributed by atoms with E-state index in [1.165, 1.54) is 7.11 Å². The van der Waals surface area contributed by atoms with Crippen molar-refractivity contribution < 1.29 is 17.9 Å². The normalized spacial score (nSPS) is 17.8. The van der Waals surface area contributed by atoms with E-state index < -0.39 is 10.0 Å². The lowest BCUT2D eigenvalue weighted by Gasteiger charge is -2.29. The molecule has 0 bridgehead atoms. The van der Waals surface area contributed by atoms with Crippen LogP contribution in [0.4, 0.5) is 11.4 Å². The molecule has 1 aromatic carbocycles. The fraction of sp³-hybridized carbons (Fsp3) is 0.360. The molecule has 0 spiro atoms. The number of rotatable bonds is 9. The third-order valence-electron chi connectivity index (χ3n) is 6.31. The van der Waals surface area contributed by atoms with Gasteiger partial charge in [0.05, 0.1) is 43.4 Å². The average molecular weight is 530 g/mol. The van der Waals surface area contributed by atoms with Crippen molar-refractivity contribution in [2.24, 2.45) is 0 Å². The van der Waals surface area contributed by atoms with Gasteiger partial charge in [0.25, 0.3) is 0 Å². The second-order valence-corrected chi connectivity index (χ2v) is 10.9. The van der Waals surface area contributed by atoms with Gasteiger partial charge in [-0.2, -0.15) is 0 Å². The maximum Gasteiger partial charge on any atom is 0.229 e. The number of nitrogens with zero attached hydrogens (tertiary/aromatic N) is 3. The van der Waals surface area contributed by atoms with Gasteiger partial charge in [0, 0.05) is 36.9 Å². The Hall–Kier alpha value is -3.15. The fourth-order valence-corrected chi connectivity index (χ4v) is 5.63. The number of sulfonamides is 1. The molecule has 11 heteroatoms. The number of methoxy groups -OCH3 is 2. The van der Waals surface area contributed by atoms with E-state index >= 15 is 0 Å². The lowest BCUT2D eigenvalue weighted by Crippen LogP contribution is -2.29. The number of aryl methyl sites for hydroxylation is 1. The van der Waals surface area contributed by atoms with E-state index in [1.807, 2.05) is 29.2 Å². The Kier molecular flexibility index (Phi) is 7.53. The number of pyridine rings is 1. The van der Waals surface area contributed by atoms with Crippen LogP contribution in [0.3, 0.4) is 0 Å². The van der Waals surface area contributed by atoms with E-state index in [2.05, 4.69) is 39.5 Å². The lowest BCUT2D eigenvalue weighted by molar-refractivity contribution is 0.186. The van der Waals surface area contributed by atoms with E-state index in [-0.39, 0.29) is 12.1 Å². The summed E-state index contributed by atoms with van der Waals surface area (Å²) in [4.78, 5) is 6.63. The van der Waals surface area contributed by atoms with Crippen molar-refractivity contribution in [3.8, 4) is 5.75 Å². The number of anilines is 2. The summed E-state index contributed by atoms with van der Waals surface area (Å²) in [5, 5.41) is 3.97. The van der Waals surface area contributed by atoms with Crippen molar-refractivity contribution in [1.82, 2.24) is 14.9 Å². The largest absolute Gasteiger partial charge is 0.495 e. The van der Waals surface area contributed by atoms with Crippen LogP contribution in [0.5, 0.6) is 5.75 Å². The van der Waals surface area contributed by atoms with E-state index in [1.54, 1.807) is 25.4 Å². The van der Waals surface area contributed by atoms with Crippen molar-refractivity contribution in [2.75, 3.05) is 36.7 Å². The number of aromatic nitrogens is 2. The SMILES string of the molecule is COCCn1c(C)cc([C@H]2[C@@H](c3ccccn3)NC(=S)N2c2ccc(OC)c(NS(C)(=O)=O)c2)c1C. The zero-order chi connectivity index (χ0) is 26.0. The summed E-state index contributed by atoms with van der Waals surface area (Å²) in [6, 6.07) is 12.9. The molecule has 4 rings (SSSR count). The quantitative estimate of drug-likeness (QED) is 0.405. The van der Waals surface area contributed by atoms with Crippen LogP contribution < -0.4 is 19.7 Å². The first-order valence-corrected chi connectivity index (χ1v) is 13.8. The zero-order valence-electron chi connectivity index (χ0n) is 21.0. The van der Waals surface area contributed by atoms with Crippen LogP contribution in [0.15, 0.2) is 48.7 Å². The highest BCUT2D eigenvalue weighted by Crippen LogP contribution is 2.44. The van der Waals surface area contributed by atoms with Crippen LogP contribution in [0.1, 0.15) is 34.7 Å². The lowest BCUT2D eigenvalue weighted by atomic mass is 9.96. The summed E-state index contributed by atoms with van der Waals surface area (Å²) in [5.74, 6) is 0.415. The van der Waals surface area contributed by atoms with E-state index in [0.717, 1.165) is 41.1 Å². The molecule has 1 aliphatic rings. The number of ether oxygens (including phenoxy) is 2. The molecule has 1 aliphatic heterocycles. The van der Waals surface area contributed by atoms with Crippen LogP contribution in [0, 0.1) is 13.8 Å². The van der Waals surface area contributed by atoms with Crippen molar-refractivity contribution >= 4 is 38.7 Å². The standard InChI is InChI=1S/C25H31N5O4S2/c1-16-14-19(17(2)29(16)12-13-33-3)24-23(20-8-6-7-11-26-20)27-25(35)30(24)18-9-10-22(34-4)21(15-18)28-36(5,31)32/h6-11,14-15,23-24,28H,12-13H2,1-5H3,(H,27,35)/t23-,24+/m1/s1. The van der Waals surface area contributed by atoms with Gasteiger partial charge in [0.1, 0.15) is 5.75 Å². The van der Waals surface area contributed by atoms with Crippen LogP contribution in [-0.4, -0.2) is 50.2 Å². The zero-order valence-corrected chi connectivity index (χ0v) is 22.6. The van der Waals surface area contributed by atoms with Gasteiger partial charge < -0.3 is 24.3 Å². The van der Waals surface area contributed by atoms with Gasteiger partial charge in [0.2, 0.25) is 10.0 Å². The molecule has 2 atom stereocenters. The van der Waals surface area contributed by atoms with Gasteiger partial charge in [0.15, 0.2) is 5.11 Å². The van der Waals surface area contributed by atoms with Crippen molar-refractivity contribution in [2.45, 2.75) is 32.5 Å². The third-order valence-corrected chi connectivity index (χ3v) is 7.21. The van der Waals surface area contributed by atoms with Crippen LogP contribution in [-0.2, 0) is 21.3 Å². The molecule has 0 saturated carbocycles. The molecule has 1 saturated heterocycles. The molecule has 0 aliphatic carbocycles. The summed E-state index contributed by atoms with van der Waals surface area (Å²) in [7, 11) is -0.330. The minimum atomic E-state index is -3.52. The minimum Gasteiger partial charge on any atom is -0.495 e. The number of benzene rings is 1. The predicted molar refractivity (Wildman–Crippen MR) is 145 cm³/mol. The minimum absolute atomic E-state index is 0.219. The maximum absolute atomic E-state index is 12.0. The highest BCUT2D eigenvalue weighted by Gasteiger charge is 2.42. The van der Waals surface area contributed by atoms with Crippen molar-refractivity contribution in [3.63, 3.8) is 0 Å². The summed E-state index contributed by atoms with van der Waals surface area (Å²) >= 11 is 5.83. The van der Waals surface area contributed by atoms with Crippen LogP contribution in [0.25, 0.3) is 0 Å². The number of thiocarbonyl (C=S) groups is 1. The summed E-state index contributed by atoms with van der Waals surface area (Å²) in [5.41, 5.74) is 5.24. The molecular formula is C25H31N5O4S2. The van der Waals surface area contributed by atoms with Crippen LogP contribution >= 0.6 is 12.2 Å². The molecule has 2 N–H and O–H groups in total. The van der Waals surface area contributed by atoms with Crippen LogP contribution in [0.2, 0.25) is 0 Å². The number of hydrogen-bond donors (Lipinski definition) is 2. The Morgan fingerprint density at radius 3 is 2.58 bits per heavy atom. The molecule has 0 amide bonds. The first kappa shape index (κ1) is 25.9. The van der Waals surface area contributed by atoms with Gasteiger partial charge in [-0.15, -0.1) is 0 Å². The summed E-state index contributed by atoms with van der Waals surface area (Å²) < 4.78 is 39.5. The summed E-state index contributed by atoms with van der Waals surface area (Å²) in [6.45, 7) is 5.51. The van der Waals surface area contributed by atoms with Gasteiger partial charge in [-0.25, -0.2) is 8.42 Å². The number of hydrogen-bond acceptors (Lipinski definition) is 6. The van der Waals surface area contributed by atoms with E-state index in [0.29, 0.717) is 23.2 Å². The average Bonchev–Trinajstić information content (AvgIpc) is 3.32. The molecule has 192 valence electrons. The second kappa shape index (κ2) is 10.5. The Bertz CT molecular complexity index is 1360. The molecule has 0 radical (unpaired) electrons. The molecule has 1 fully saturated rings. The summed E-state index contributed by atoms with van der Waals surface area (Å²) in [6.07, 6.45) is 2.87. The Morgan fingerprint density at radius 1 is 1.17 bits per heavy atom. The first-order valence-electron chi connectivity index (χ1n) is 11.5. The van der Waals surface area contributed by atoms with Gasteiger partial charge in [-0.05, 0) is 68.0 Å². The van der Waals surface area contributed by atoms with Crippen molar-refractivity contribution in [1.29, 1.82) is 0 Å². The topological polar surface area (TPSA) is 97.7 Å². The Labute approximate surface area is 217 Å². The van der Waals surface area contributed by atoms with Gasteiger partial charge in [-0.3, -0.25) is 9.71 Å². The predicted octanol–water partition coefficient (Wildman–Crippen LogP) is 3.70. The second-order valence-electron chi connectivity index (χ2n) is 8.73. The Morgan fingerprint density at radius 2 is 1.94 bits per heavy atom. The smallest absolute Gasteiger partial charge is 0.229 e. The molecular weight excluding hydrogens is 498 g/mol. The van der Waals surface area contributed by atoms with Gasteiger partial charge >= 0.3 is 0 Å². The van der Waals surface area contributed by atoms with E-state index in [9.17, 15) is 8.42 Å². The van der Waals surface area contributed by atoms with E-state index in [4.69, 9.17) is 21.7 Å². The number of nitrogens with one attached hydrogen (secondary N) is 2. The monoisotopic (exact) mass is 529 g/mol. The Balaban J connectivity index is 1.86. The molecule has 3 heterocycles.